The van der Waals surface area contributed by atoms with Gasteiger partial charge in [-0.15, -0.1) is 0 Å². The highest BCUT2D eigenvalue weighted by Crippen LogP contribution is 2.24. The Morgan fingerprint density at radius 1 is 1.41 bits per heavy atom. The van der Waals surface area contributed by atoms with Crippen molar-refractivity contribution in [2.45, 2.75) is 6.42 Å². The van der Waals surface area contributed by atoms with Gasteiger partial charge in [0, 0.05) is 13.1 Å². The quantitative estimate of drug-likeness (QED) is 0.847. The molecule has 1 amide bonds. The summed E-state index contributed by atoms with van der Waals surface area (Å²) in [5, 5.41) is 8.95. The molecule has 1 atom stereocenters. The number of carboxylic acids is 1. The molecule has 0 aromatic heterocycles. The standard InChI is InChI=1S/C13H15FN2O5S/c1-22(20,21)15-11-3-2-9(14)6-10(11)12(17)16-5-4-8(7-16)13(18)19/h2-3,6,8,15H,4-5,7H2,1H3,(H,18,19). The molecule has 0 radical (unpaired) electrons. The minimum atomic E-state index is -3.63. The van der Waals surface area contributed by atoms with Gasteiger partial charge in [-0.2, -0.15) is 0 Å². The summed E-state index contributed by atoms with van der Waals surface area (Å²) in [6.07, 6.45) is 1.23. The van der Waals surface area contributed by atoms with Crippen molar-refractivity contribution in [3.8, 4) is 0 Å². The number of hydrogen-bond donors (Lipinski definition) is 2. The molecule has 1 aromatic carbocycles. The maximum absolute atomic E-state index is 13.4. The van der Waals surface area contributed by atoms with Crippen LogP contribution in [0.1, 0.15) is 16.8 Å². The fourth-order valence-electron chi connectivity index (χ4n) is 2.30. The lowest BCUT2D eigenvalue weighted by atomic mass is 10.1. The van der Waals surface area contributed by atoms with Crippen molar-refractivity contribution in [1.29, 1.82) is 0 Å². The zero-order valence-corrected chi connectivity index (χ0v) is 12.6. The molecule has 1 fully saturated rings. The lowest BCUT2D eigenvalue weighted by Crippen LogP contribution is -2.31. The number of nitrogens with one attached hydrogen (secondary N) is 1. The van der Waals surface area contributed by atoms with E-state index in [1.807, 2.05) is 0 Å². The second-order valence-electron chi connectivity index (χ2n) is 5.14. The Kier molecular flexibility index (Phi) is 4.36. The van der Waals surface area contributed by atoms with Crippen LogP contribution in [0.5, 0.6) is 0 Å². The number of halogens is 1. The molecule has 1 unspecified atom stereocenters. The first-order valence-electron chi connectivity index (χ1n) is 6.47. The summed E-state index contributed by atoms with van der Waals surface area (Å²) in [5.41, 5.74) is -0.177. The van der Waals surface area contributed by atoms with Crippen molar-refractivity contribution in [2.24, 2.45) is 5.92 Å². The van der Waals surface area contributed by atoms with Crippen LogP contribution in [0.25, 0.3) is 0 Å². The molecule has 0 aliphatic carbocycles. The first-order valence-corrected chi connectivity index (χ1v) is 8.36. The van der Waals surface area contributed by atoms with E-state index in [9.17, 15) is 22.4 Å². The van der Waals surface area contributed by atoms with Crippen LogP contribution in [0.2, 0.25) is 0 Å². The van der Waals surface area contributed by atoms with Gasteiger partial charge in [0.15, 0.2) is 0 Å². The Labute approximate surface area is 126 Å². The molecule has 0 bridgehead atoms. The van der Waals surface area contributed by atoms with Crippen molar-refractivity contribution >= 4 is 27.6 Å². The summed E-state index contributed by atoms with van der Waals surface area (Å²) in [7, 11) is -3.63. The van der Waals surface area contributed by atoms with Gasteiger partial charge in [-0.3, -0.25) is 14.3 Å². The highest BCUT2D eigenvalue weighted by Gasteiger charge is 2.32. The smallest absolute Gasteiger partial charge is 0.308 e. The van der Waals surface area contributed by atoms with Gasteiger partial charge in [-0.05, 0) is 24.6 Å². The summed E-state index contributed by atoms with van der Waals surface area (Å²) < 4.78 is 38.2. The van der Waals surface area contributed by atoms with Gasteiger partial charge in [0.05, 0.1) is 23.4 Å². The highest BCUT2D eigenvalue weighted by molar-refractivity contribution is 7.92. The van der Waals surface area contributed by atoms with Gasteiger partial charge in [0.25, 0.3) is 5.91 Å². The topological polar surface area (TPSA) is 104 Å². The molecule has 1 aromatic rings. The van der Waals surface area contributed by atoms with Crippen LogP contribution < -0.4 is 4.72 Å². The number of likely N-dealkylation sites (tertiary alicyclic amines) is 1. The molecule has 22 heavy (non-hydrogen) atoms. The monoisotopic (exact) mass is 330 g/mol. The predicted molar refractivity (Wildman–Crippen MR) is 76.5 cm³/mol. The molecule has 2 rings (SSSR count). The third kappa shape index (κ3) is 3.73. The normalized spacial score (nSPS) is 18.3. The maximum Gasteiger partial charge on any atom is 0.308 e. The second kappa shape index (κ2) is 5.91. The zero-order chi connectivity index (χ0) is 16.5. The van der Waals surface area contributed by atoms with Crippen LogP contribution in [0.4, 0.5) is 10.1 Å². The van der Waals surface area contributed by atoms with Crippen molar-refractivity contribution in [2.75, 3.05) is 24.1 Å². The summed E-state index contributed by atoms with van der Waals surface area (Å²) in [4.78, 5) is 24.6. The molecular formula is C13H15FN2O5S. The number of rotatable bonds is 4. The average molecular weight is 330 g/mol. The van der Waals surface area contributed by atoms with Gasteiger partial charge >= 0.3 is 5.97 Å². The van der Waals surface area contributed by atoms with Crippen molar-refractivity contribution in [3.63, 3.8) is 0 Å². The number of nitrogens with zero attached hydrogens (tertiary/aromatic N) is 1. The van der Waals surface area contributed by atoms with Crippen LogP contribution in [0, 0.1) is 11.7 Å². The average Bonchev–Trinajstić information content (AvgIpc) is 2.88. The fraction of sp³-hybridized carbons (Fsp3) is 0.385. The molecular weight excluding hydrogens is 315 g/mol. The van der Waals surface area contributed by atoms with Crippen LogP contribution in [0.15, 0.2) is 18.2 Å². The van der Waals surface area contributed by atoms with E-state index in [-0.39, 0.29) is 24.3 Å². The number of hydrogen-bond acceptors (Lipinski definition) is 4. The van der Waals surface area contributed by atoms with Crippen LogP contribution in [0.3, 0.4) is 0 Å². The number of aliphatic carboxylic acids is 1. The minimum Gasteiger partial charge on any atom is -0.481 e. The lowest BCUT2D eigenvalue weighted by molar-refractivity contribution is -0.141. The zero-order valence-electron chi connectivity index (χ0n) is 11.7. The Bertz CT molecular complexity index is 719. The third-order valence-corrected chi connectivity index (χ3v) is 3.92. The summed E-state index contributed by atoms with van der Waals surface area (Å²) in [6, 6.07) is 3.13. The molecule has 1 heterocycles. The molecule has 7 nitrogen and oxygen atoms in total. The van der Waals surface area contributed by atoms with Crippen molar-refractivity contribution < 1.29 is 27.5 Å². The largest absolute Gasteiger partial charge is 0.481 e. The predicted octanol–water partition coefficient (Wildman–Crippen LogP) is 0.744. The van der Waals surface area contributed by atoms with E-state index in [1.54, 1.807) is 0 Å². The summed E-state index contributed by atoms with van der Waals surface area (Å²) in [5.74, 6) is -2.95. The first kappa shape index (κ1) is 16.2. The number of carbonyl (C=O) groups excluding carboxylic acids is 1. The van der Waals surface area contributed by atoms with E-state index in [0.717, 1.165) is 24.5 Å². The molecule has 1 saturated heterocycles. The third-order valence-electron chi connectivity index (χ3n) is 3.33. The Morgan fingerprint density at radius 3 is 2.64 bits per heavy atom. The molecule has 0 saturated carbocycles. The number of benzene rings is 1. The molecule has 0 spiro atoms. The summed E-state index contributed by atoms with van der Waals surface area (Å²) in [6.45, 7) is 0.244. The summed E-state index contributed by atoms with van der Waals surface area (Å²) >= 11 is 0. The van der Waals surface area contributed by atoms with Crippen molar-refractivity contribution in [3.05, 3.63) is 29.6 Å². The van der Waals surface area contributed by atoms with Crippen LogP contribution in [-0.2, 0) is 14.8 Å². The van der Waals surface area contributed by atoms with Gasteiger partial charge in [0.1, 0.15) is 5.82 Å². The number of carbonyl (C=O) groups is 2. The second-order valence-corrected chi connectivity index (χ2v) is 6.89. The van der Waals surface area contributed by atoms with E-state index in [0.29, 0.717) is 6.42 Å². The highest BCUT2D eigenvalue weighted by atomic mass is 32.2. The van der Waals surface area contributed by atoms with E-state index >= 15 is 0 Å². The Balaban J connectivity index is 2.29. The first-order chi connectivity index (χ1) is 10.2. The van der Waals surface area contributed by atoms with Crippen LogP contribution >= 0.6 is 0 Å². The Morgan fingerprint density at radius 2 is 2.09 bits per heavy atom. The number of carboxylic acid groups (broad SMARTS) is 1. The lowest BCUT2D eigenvalue weighted by Gasteiger charge is -2.18. The van der Waals surface area contributed by atoms with E-state index in [1.165, 1.54) is 4.90 Å². The van der Waals surface area contributed by atoms with E-state index in [4.69, 9.17) is 5.11 Å². The SMILES string of the molecule is CS(=O)(=O)Nc1ccc(F)cc1C(=O)N1CCC(C(=O)O)C1. The van der Waals surface area contributed by atoms with Gasteiger partial charge in [-0.1, -0.05) is 0 Å². The van der Waals surface area contributed by atoms with Gasteiger partial charge in [0.2, 0.25) is 10.0 Å². The number of amides is 1. The molecule has 120 valence electrons. The van der Waals surface area contributed by atoms with Gasteiger partial charge < -0.3 is 10.0 Å². The molecule has 1 aliphatic rings. The maximum atomic E-state index is 13.4. The van der Waals surface area contributed by atoms with Crippen molar-refractivity contribution in [1.82, 2.24) is 4.90 Å². The Hall–Kier alpha value is -2.16. The molecule has 1 aliphatic heterocycles. The minimum absolute atomic E-state index is 0.0169. The van der Waals surface area contributed by atoms with E-state index in [2.05, 4.69) is 4.72 Å². The van der Waals surface area contributed by atoms with Gasteiger partial charge in [-0.25, -0.2) is 12.8 Å². The fourth-order valence-corrected chi connectivity index (χ4v) is 2.88. The number of anilines is 1. The number of sulfonamides is 1. The van der Waals surface area contributed by atoms with E-state index < -0.39 is 33.6 Å². The molecule has 2 N–H and O–H groups in total. The van der Waals surface area contributed by atoms with Crippen LogP contribution in [-0.4, -0.2) is 49.6 Å². The molecule has 9 heteroatoms.